The lowest BCUT2D eigenvalue weighted by atomic mass is 10.0. The van der Waals surface area contributed by atoms with E-state index >= 15 is 0 Å². The van der Waals surface area contributed by atoms with Gasteiger partial charge in [0.2, 0.25) is 11.7 Å². The van der Waals surface area contributed by atoms with E-state index in [0.29, 0.717) is 11.7 Å². The van der Waals surface area contributed by atoms with Crippen LogP contribution in [0.2, 0.25) is 0 Å². The maximum Gasteiger partial charge on any atom is 0.249 e. The van der Waals surface area contributed by atoms with Crippen LogP contribution in [0.1, 0.15) is 42.3 Å². The summed E-state index contributed by atoms with van der Waals surface area (Å²) < 4.78 is 7.57. The van der Waals surface area contributed by atoms with Crippen molar-refractivity contribution in [2.75, 3.05) is 0 Å². The van der Waals surface area contributed by atoms with Crippen LogP contribution in [0.4, 0.5) is 0 Å². The summed E-state index contributed by atoms with van der Waals surface area (Å²) in [5.41, 5.74) is 2.07. The highest BCUT2D eigenvalue weighted by Crippen LogP contribution is 2.33. The molecule has 1 atom stereocenters. The fourth-order valence-electron chi connectivity index (χ4n) is 3.38. The Hall–Kier alpha value is -2.87. The second kappa shape index (κ2) is 6.70. The van der Waals surface area contributed by atoms with Crippen molar-refractivity contribution in [1.29, 1.82) is 0 Å². The molecule has 0 N–H and O–H groups in total. The Balaban J connectivity index is 1.47. The normalized spacial score (nSPS) is 14.9. The SMILES string of the molecule is C[C@@H](c1nc(-c2cccnc2)no1)n1ccnc1-c1nc2c(s1)CCCC2. The van der Waals surface area contributed by atoms with Crippen LogP contribution in [0.3, 0.4) is 0 Å². The van der Waals surface area contributed by atoms with Crippen LogP contribution < -0.4 is 0 Å². The molecule has 27 heavy (non-hydrogen) atoms. The van der Waals surface area contributed by atoms with Gasteiger partial charge in [-0.15, -0.1) is 11.3 Å². The quantitative estimate of drug-likeness (QED) is 0.535. The highest BCUT2D eigenvalue weighted by Gasteiger charge is 2.23. The van der Waals surface area contributed by atoms with Crippen molar-refractivity contribution < 1.29 is 4.52 Å². The maximum absolute atomic E-state index is 5.52. The molecule has 4 aromatic heterocycles. The van der Waals surface area contributed by atoms with Crippen LogP contribution in [-0.2, 0) is 12.8 Å². The van der Waals surface area contributed by atoms with Crippen LogP contribution in [0.25, 0.3) is 22.2 Å². The average molecular weight is 378 g/mol. The predicted octanol–water partition coefficient (Wildman–Crippen LogP) is 3.94. The number of nitrogens with zero attached hydrogens (tertiary/aromatic N) is 6. The molecule has 0 spiro atoms. The summed E-state index contributed by atoms with van der Waals surface area (Å²) in [4.78, 5) is 19.5. The smallest absolute Gasteiger partial charge is 0.249 e. The minimum atomic E-state index is -0.138. The van der Waals surface area contributed by atoms with E-state index in [-0.39, 0.29) is 6.04 Å². The number of fused-ring (bicyclic) bond motifs is 1. The van der Waals surface area contributed by atoms with E-state index in [1.807, 2.05) is 29.8 Å². The minimum absolute atomic E-state index is 0.138. The van der Waals surface area contributed by atoms with Crippen LogP contribution in [0.5, 0.6) is 0 Å². The molecule has 1 aliphatic rings. The van der Waals surface area contributed by atoms with E-state index in [1.54, 1.807) is 29.9 Å². The van der Waals surface area contributed by atoms with Crippen LogP contribution in [0, 0.1) is 0 Å². The van der Waals surface area contributed by atoms with Gasteiger partial charge in [-0.1, -0.05) is 5.16 Å². The van der Waals surface area contributed by atoms with Crippen molar-refractivity contribution in [3.8, 4) is 22.2 Å². The van der Waals surface area contributed by atoms with Gasteiger partial charge in [-0.25, -0.2) is 9.97 Å². The zero-order valence-electron chi connectivity index (χ0n) is 14.9. The summed E-state index contributed by atoms with van der Waals surface area (Å²) in [6.07, 6.45) is 11.8. The molecule has 0 unspecified atom stereocenters. The van der Waals surface area contributed by atoms with Crippen molar-refractivity contribution in [3.63, 3.8) is 0 Å². The van der Waals surface area contributed by atoms with E-state index in [9.17, 15) is 0 Å². The molecule has 4 heterocycles. The first kappa shape index (κ1) is 16.3. The summed E-state index contributed by atoms with van der Waals surface area (Å²) >= 11 is 1.75. The number of imidazole rings is 1. The molecule has 0 saturated carbocycles. The largest absolute Gasteiger partial charge is 0.337 e. The fourth-order valence-corrected chi connectivity index (χ4v) is 4.53. The third kappa shape index (κ3) is 2.95. The van der Waals surface area contributed by atoms with Crippen molar-refractivity contribution in [2.24, 2.45) is 0 Å². The molecule has 4 aromatic rings. The average Bonchev–Trinajstić information content (AvgIpc) is 3.46. The molecule has 0 bridgehead atoms. The van der Waals surface area contributed by atoms with Crippen LogP contribution in [-0.4, -0.2) is 29.7 Å². The van der Waals surface area contributed by atoms with E-state index < -0.39 is 0 Å². The highest BCUT2D eigenvalue weighted by atomic mass is 32.1. The molecule has 8 heteroatoms. The molecule has 5 rings (SSSR count). The number of hydrogen-bond acceptors (Lipinski definition) is 7. The minimum Gasteiger partial charge on any atom is -0.337 e. The lowest BCUT2D eigenvalue weighted by Gasteiger charge is -2.10. The Morgan fingerprint density at radius 3 is 2.96 bits per heavy atom. The Kier molecular flexibility index (Phi) is 4.05. The number of aromatic nitrogens is 6. The third-order valence-corrected chi connectivity index (χ3v) is 6.00. The third-order valence-electron chi connectivity index (χ3n) is 4.84. The van der Waals surface area contributed by atoms with Gasteiger partial charge in [-0.2, -0.15) is 4.98 Å². The van der Waals surface area contributed by atoms with Gasteiger partial charge >= 0.3 is 0 Å². The summed E-state index contributed by atoms with van der Waals surface area (Å²) in [5, 5.41) is 5.06. The van der Waals surface area contributed by atoms with Crippen molar-refractivity contribution in [1.82, 2.24) is 29.7 Å². The first-order chi connectivity index (χ1) is 13.3. The van der Waals surface area contributed by atoms with Gasteiger partial charge in [-0.3, -0.25) is 4.98 Å². The molecular weight excluding hydrogens is 360 g/mol. The van der Waals surface area contributed by atoms with E-state index in [0.717, 1.165) is 29.2 Å². The second-order valence-corrected chi connectivity index (χ2v) is 7.71. The Morgan fingerprint density at radius 2 is 2.11 bits per heavy atom. The molecule has 7 nitrogen and oxygen atoms in total. The lowest BCUT2D eigenvalue weighted by Crippen LogP contribution is -2.08. The molecule has 136 valence electrons. The topological polar surface area (TPSA) is 82.5 Å². The van der Waals surface area contributed by atoms with Gasteiger partial charge in [0, 0.05) is 35.2 Å². The molecule has 0 amide bonds. The highest BCUT2D eigenvalue weighted by molar-refractivity contribution is 7.15. The molecular formula is C19H18N6OS. The van der Waals surface area contributed by atoms with Crippen molar-refractivity contribution >= 4 is 11.3 Å². The van der Waals surface area contributed by atoms with Gasteiger partial charge in [0.25, 0.3) is 0 Å². The van der Waals surface area contributed by atoms with Crippen LogP contribution >= 0.6 is 11.3 Å². The second-order valence-electron chi connectivity index (χ2n) is 6.63. The monoisotopic (exact) mass is 378 g/mol. The summed E-state index contributed by atoms with van der Waals surface area (Å²) in [5.74, 6) is 1.92. The number of hydrogen-bond donors (Lipinski definition) is 0. The summed E-state index contributed by atoms with van der Waals surface area (Å²) in [6, 6.07) is 3.63. The number of aryl methyl sites for hydroxylation is 2. The predicted molar refractivity (Wildman–Crippen MR) is 101 cm³/mol. The Morgan fingerprint density at radius 1 is 1.19 bits per heavy atom. The molecule has 0 aromatic carbocycles. The van der Waals surface area contributed by atoms with E-state index in [1.165, 1.54) is 23.4 Å². The molecule has 0 saturated heterocycles. The first-order valence-electron chi connectivity index (χ1n) is 9.05. The van der Waals surface area contributed by atoms with Gasteiger partial charge in [-0.05, 0) is 44.7 Å². The fraction of sp³-hybridized carbons (Fsp3) is 0.316. The van der Waals surface area contributed by atoms with E-state index in [2.05, 4.69) is 20.1 Å². The van der Waals surface area contributed by atoms with Gasteiger partial charge in [0.05, 0.1) is 5.69 Å². The maximum atomic E-state index is 5.52. The zero-order valence-corrected chi connectivity index (χ0v) is 15.7. The lowest BCUT2D eigenvalue weighted by molar-refractivity contribution is 0.346. The standard InChI is InChI=1S/C19H18N6OS/c1-12(18-23-16(24-26-18)13-5-4-8-20-11-13)25-10-9-21-17(25)19-22-14-6-2-3-7-15(14)27-19/h4-5,8-12H,2-3,6-7H2,1H3/t12-/m0/s1. The molecule has 0 radical (unpaired) electrons. The molecule has 1 aliphatic carbocycles. The number of thiazole rings is 1. The summed E-state index contributed by atoms with van der Waals surface area (Å²) in [6.45, 7) is 2.03. The van der Waals surface area contributed by atoms with Gasteiger partial charge in [0.15, 0.2) is 10.8 Å². The van der Waals surface area contributed by atoms with Crippen LogP contribution in [0.15, 0.2) is 41.4 Å². The van der Waals surface area contributed by atoms with Crippen molar-refractivity contribution in [2.45, 2.75) is 38.6 Å². The molecule has 0 aliphatic heterocycles. The zero-order chi connectivity index (χ0) is 18.2. The van der Waals surface area contributed by atoms with Gasteiger partial charge in [0.1, 0.15) is 6.04 Å². The molecule has 0 fully saturated rings. The number of rotatable bonds is 4. The van der Waals surface area contributed by atoms with Gasteiger partial charge < -0.3 is 9.09 Å². The Bertz CT molecular complexity index is 1040. The Labute approximate surface area is 160 Å². The van der Waals surface area contributed by atoms with E-state index in [4.69, 9.17) is 9.51 Å². The first-order valence-corrected chi connectivity index (χ1v) is 9.87. The van der Waals surface area contributed by atoms with Crippen molar-refractivity contribution in [3.05, 3.63) is 53.4 Å². The summed E-state index contributed by atoms with van der Waals surface area (Å²) in [7, 11) is 0. The number of pyridine rings is 1.